The maximum Gasteiger partial charge on any atom is 0.257 e. The first-order chi connectivity index (χ1) is 15.2. The van der Waals surface area contributed by atoms with Gasteiger partial charge in [0.2, 0.25) is 11.7 Å². The fourth-order valence-electron chi connectivity index (χ4n) is 3.88. The molecule has 1 fully saturated rings. The van der Waals surface area contributed by atoms with Crippen LogP contribution in [0.25, 0.3) is 11.4 Å². The van der Waals surface area contributed by atoms with Crippen molar-refractivity contribution < 1.29 is 18.8 Å². The van der Waals surface area contributed by atoms with Crippen LogP contribution >= 0.6 is 0 Å². The van der Waals surface area contributed by atoms with E-state index in [4.69, 9.17) is 14.0 Å². The van der Waals surface area contributed by atoms with Gasteiger partial charge in [0.15, 0.2) is 0 Å². The number of likely N-dealkylation sites (tertiary alicyclic amines) is 1. The van der Waals surface area contributed by atoms with Gasteiger partial charge in [-0.2, -0.15) is 4.98 Å². The van der Waals surface area contributed by atoms with E-state index in [-0.39, 0.29) is 5.91 Å². The molecule has 7 heteroatoms. The molecule has 1 saturated heterocycles. The van der Waals surface area contributed by atoms with Crippen molar-refractivity contribution in [1.82, 2.24) is 15.0 Å². The number of methoxy groups -OCH3 is 1. The van der Waals surface area contributed by atoms with E-state index in [1.807, 2.05) is 60.4 Å². The lowest BCUT2D eigenvalue weighted by Crippen LogP contribution is -2.39. The second kappa shape index (κ2) is 9.64. The van der Waals surface area contributed by atoms with Gasteiger partial charge in [-0.1, -0.05) is 17.3 Å². The summed E-state index contributed by atoms with van der Waals surface area (Å²) in [5.41, 5.74) is 1.52. The quantitative estimate of drug-likeness (QED) is 0.568. The zero-order chi connectivity index (χ0) is 21.6. The first-order valence-corrected chi connectivity index (χ1v) is 10.7. The SMILES string of the molecule is CCOc1ccccc1C(=O)N1CCC(Cc2nc(-c3ccc(OC)cc3)no2)CC1. The van der Waals surface area contributed by atoms with Crippen LogP contribution in [-0.4, -0.2) is 47.8 Å². The average molecular weight is 421 g/mol. The number of carbonyl (C=O) groups is 1. The number of aromatic nitrogens is 2. The average Bonchev–Trinajstić information content (AvgIpc) is 3.28. The molecular formula is C24H27N3O4. The lowest BCUT2D eigenvalue weighted by atomic mass is 9.93. The van der Waals surface area contributed by atoms with Crippen LogP contribution in [0.2, 0.25) is 0 Å². The summed E-state index contributed by atoms with van der Waals surface area (Å²) < 4.78 is 16.3. The van der Waals surface area contributed by atoms with Gasteiger partial charge in [0.1, 0.15) is 11.5 Å². The Bertz CT molecular complexity index is 1010. The topological polar surface area (TPSA) is 77.7 Å². The maximum atomic E-state index is 13.0. The molecule has 162 valence electrons. The molecule has 0 unspecified atom stereocenters. The van der Waals surface area contributed by atoms with Crippen molar-refractivity contribution in [3.8, 4) is 22.9 Å². The van der Waals surface area contributed by atoms with Crippen molar-refractivity contribution in [2.45, 2.75) is 26.2 Å². The van der Waals surface area contributed by atoms with Crippen LogP contribution in [0.4, 0.5) is 0 Å². The zero-order valence-electron chi connectivity index (χ0n) is 17.9. The van der Waals surface area contributed by atoms with Crippen molar-refractivity contribution in [3.63, 3.8) is 0 Å². The third-order valence-electron chi connectivity index (χ3n) is 5.60. The summed E-state index contributed by atoms with van der Waals surface area (Å²) in [6, 6.07) is 15.0. The number of para-hydroxylation sites is 1. The largest absolute Gasteiger partial charge is 0.497 e. The van der Waals surface area contributed by atoms with Gasteiger partial charge in [0.25, 0.3) is 5.91 Å². The fraction of sp³-hybridized carbons (Fsp3) is 0.375. The van der Waals surface area contributed by atoms with E-state index in [1.54, 1.807) is 7.11 Å². The van der Waals surface area contributed by atoms with Gasteiger partial charge in [-0.3, -0.25) is 4.79 Å². The maximum absolute atomic E-state index is 13.0. The molecule has 1 aliphatic rings. The molecule has 0 atom stereocenters. The first-order valence-electron chi connectivity index (χ1n) is 10.7. The summed E-state index contributed by atoms with van der Waals surface area (Å²) in [6.07, 6.45) is 2.53. The normalized spacial score (nSPS) is 14.5. The summed E-state index contributed by atoms with van der Waals surface area (Å²) in [6.45, 7) is 3.88. The molecule has 3 aromatic rings. The lowest BCUT2D eigenvalue weighted by molar-refractivity contribution is 0.0683. The predicted molar refractivity (Wildman–Crippen MR) is 116 cm³/mol. The van der Waals surface area contributed by atoms with Gasteiger partial charge in [-0.25, -0.2) is 0 Å². The van der Waals surface area contributed by atoms with Crippen molar-refractivity contribution in [3.05, 3.63) is 60.0 Å². The zero-order valence-corrected chi connectivity index (χ0v) is 17.9. The van der Waals surface area contributed by atoms with Crippen LogP contribution in [0.3, 0.4) is 0 Å². The number of rotatable bonds is 7. The van der Waals surface area contributed by atoms with Gasteiger partial charge >= 0.3 is 0 Å². The fourth-order valence-corrected chi connectivity index (χ4v) is 3.88. The lowest BCUT2D eigenvalue weighted by Gasteiger charge is -2.31. The third-order valence-corrected chi connectivity index (χ3v) is 5.60. The molecule has 31 heavy (non-hydrogen) atoms. The number of benzene rings is 2. The van der Waals surface area contributed by atoms with Gasteiger partial charge in [0, 0.05) is 25.1 Å². The van der Waals surface area contributed by atoms with Crippen molar-refractivity contribution in [2.24, 2.45) is 5.92 Å². The van der Waals surface area contributed by atoms with Crippen molar-refractivity contribution in [2.75, 3.05) is 26.8 Å². The molecule has 0 N–H and O–H groups in total. The summed E-state index contributed by atoms with van der Waals surface area (Å²) >= 11 is 0. The Morgan fingerprint density at radius 3 is 2.58 bits per heavy atom. The smallest absolute Gasteiger partial charge is 0.257 e. The molecule has 0 bridgehead atoms. The van der Waals surface area contributed by atoms with E-state index in [9.17, 15) is 4.79 Å². The van der Waals surface area contributed by atoms with Gasteiger partial charge in [0.05, 0.1) is 19.3 Å². The van der Waals surface area contributed by atoms with E-state index in [0.29, 0.717) is 48.6 Å². The van der Waals surface area contributed by atoms with E-state index < -0.39 is 0 Å². The highest BCUT2D eigenvalue weighted by Gasteiger charge is 2.26. The second-order valence-electron chi connectivity index (χ2n) is 7.61. The molecule has 4 rings (SSSR count). The molecule has 0 aliphatic carbocycles. The van der Waals surface area contributed by atoms with Crippen molar-refractivity contribution >= 4 is 5.91 Å². The summed E-state index contributed by atoms with van der Waals surface area (Å²) in [7, 11) is 1.64. The number of amides is 1. The highest BCUT2D eigenvalue weighted by atomic mass is 16.5. The van der Waals surface area contributed by atoms with Crippen LogP contribution in [-0.2, 0) is 6.42 Å². The Morgan fingerprint density at radius 1 is 1.13 bits per heavy atom. The van der Waals surface area contributed by atoms with Crippen LogP contribution in [0.1, 0.15) is 36.0 Å². The molecule has 0 saturated carbocycles. The standard InChI is InChI=1S/C24H27N3O4/c1-3-30-21-7-5-4-6-20(21)24(28)27-14-12-17(13-15-27)16-22-25-23(26-31-22)18-8-10-19(29-2)11-9-18/h4-11,17H,3,12-16H2,1-2H3. The number of carbonyl (C=O) groups excluding carboxylic acids is 1. The first kappa shape index (κ1) is 20.9. The number of hydrogen-bond acceptors (Lipinski definition) is 6. The highest BCUT2D eigenvalue weighted by Crippen LogP contribution is 2.26. The predicted octanol–water partition coefficient (Wildman–Crippen LogP) is 4.24. The Balaban J connectivity index is 1.33. The van der Waals surface area contributed by atoms with Crippen LogP contribution in [0.15, 0.2) is 53.1 Å². The minimum Gasteiger partial charge on any atom is -0.497 e. The van der Waals surface area contributed by atoms with Crippen LogP contribution < -0.4 is 9.47 Å². The third kappa shape index (κ3) is 4.87. The van der Waals surface area contributed by atoms with Gasteiger partial charge in [-0.05, 0) is 62.1 Å². The number of nitrogens with zero attached hydrogens (tertiary/aromatic N) is 3. The van der Waals surface area contributed by atoms with Crippen LogP contribution in [0, 0.1) is 5.92 Å². The van der Waals surface area contributed by atoms with E-state index in [0.717, 1.165) is 30.6 Å². The Kier molecular flexibility index (Phi) is 6.50. The molecule has 0 radical (unpaired) electrons. The van der Waals surface area contributed by atoms with Crippen molar-refractivity contribution in [1.29, 1.82) is 0 Å². The molecule has 7 nitrogen and oxygen atoms in total. The summed E-state index contributed by atoms with van der Waals surface area (Å²) in [5, 5.41) is 4.11. The summed E-state index contributed by atoms with van der Waals surface area (Å²) in [4.78, 5) is 19.4. The minimum absolute atomic E-state index is 0.0297. The molecule has 0 spiro atoms. The van der Waals surface area contributed by atoms with Gasteiger partial charge < -0.3 is 18.9 Å². The number of ether oxygens (including phenoxy) is 2. The molecule has 1 aliphatic heterocycles. The molecule has 2 heterocycles. The Morgan fingerprint density at radius 2 is 1.87 bits per heavy atom. The Hall–Kier alpha value is -3.35. The van der Waals surface area contributed by atoms with E-state index in [2.05, 4.69) is 10.1 Å². The molecular weight excluding hydrogens is 394 g/mol. The monoisotopic (exact) mass is 421 g/mol. The molecule has 1 amide bonds. The number of piperidine rings is 1. The number of hydrogen-bond donors (Lipinski definition) is 0. The van der Waals surface area contributed by atoms with E-state index >= 15 is 0 Å². The minimum atomic E-state index is 0.0297. The van der Waals surface area contributed by atoms with Gasteiger partial charge in [-0.15, -0.1) is 0 Å². The van der Waals surface area contributed by atoms with Crippen LogP contribution in [0.5, 0.6) is 11.5 Å². The second-order valence-corrected chi connectivity index (χ2v) is 7.61. The summed E-state index contributed by atoms with van der Waals surface area (Å²) in [5.74, 6) is 3.10. The molecule has 1 aromatic heterocycles. The Labute approximate surface area is 182 Å². The molecule has 2 aromatic carbocycles. The van der Waals surface area contributed by atoms with E-state index in [1.165, 1.54) is 0 Å². The highest BCUT2D eigenvalue weighted by molar-refractivity contribution is 5.97.